The van der Waals surface area contributed by atoms with E-state index in [9.17, 15) is 4.39 Å². The van der Waals surface area contributed by atoms with Crippen LogP contribution in [0.5, 0.6) is 0 Å². The molecule has 5 rings (SSSR count). The number of nitrogens with zero attached hydrogens (tertiary/aromatic N) is 3. The van der Waals surface area contributed by atoms with Crippen molar-refractivity contribution in [2.24, 2.45) is 0 Å². The van der Waals surface area contributed by atoms with Gasteiger partial charge in [-0.05, 0) is 74.1 Å². The second-order valence-electron chi connectivity index (χ2n) is 7.94. The summed E-state index contributed by atoms with van der Waals surface area (Å²) in [5.41, 5.74) is 4.55. The molecule has 2 atom stereocenters. The van der Waals surface area contributed by atoms with Gasteiger partial charge in [0.15, 0.2) is 5.11 Å². The molecule has 5 nitrogen and oxygen atoms in total. The zero-order valence-electron chi connectivity index (χ0n) is 17.8. The number of thiocarbonyl (C=S) groups is 1. The average Bonchev–Trinajstić information content (AvgIpc) is 3.50. The van der Waals surface area contributed by atoms with Gasteiger partial charge in [0.2, 0.25) is 0 Å². The Labute approximate surface area is 191 Å². The monoisotopic (exact) mass is 446 g/mol. The predicted molar refractivity (Wildman–Crippen MR) is 126 cm³/mol. The number of para-hydroxylation sites is 1. The zero-order chi connectivity index (χ0) is 22.2. The molecule has 0 aliphatic carbocycles. The topological polar surface area (TPSA) is 46.2 Å². The van der Waals surface area contributed by atoms with Crippen molar-refractivity contribution in [3.05, 3.63) is 107 Å². The van der Waals surface area contributed by atoms with E-state index in [1.165, 1.54) is 6.07 Å². The van der Waals surface area contributed by atoms with Crippen molar-refractivity contribution in [2.75, 3.05) is 4.90 Å². The van der Waals surface area contributed by atoms with Crippen LogP contribution < -0.4 is 10.2 Å². The molecule has 1 saturated heterocycles. The molecule has 3 aromatic heterocycles. The van der Waals surface area contributed by atoms with Crippen molar-refractivity contribution in [1.29, 1.82) is 0 Å². The van der Waals surface area contributed by atoms with Crippen molar-refractivity contribution >= 4 is 23.0 Å². The Balaban J connectivity index is 1.65. The second-order valence-corrected chi connectivity index (χ2v) is 8.33. The van der Waals surface area contributed by atoms with Crippen molar-refractivity contribution in [2.45, 2.75) is 32.5 Å². The van der Waals surface area contributed by atoms with Crippen LogP contribution in [0.25, 0.3) is 0 Å². The van der Waals surface area contributed by atoms with Crippen molar-refractivity contribution in [3.8, 4) is 0 Å². The number of aryl methyl sites for hydroxylation is 1. The van der Waals surface area contributed by atoms with E-state index in [-0.39, 0.29) is 17.9 Å². The van der Waals surface area contributed by atoms with E-state index in [1.807, 2.05) is 41.3 Å². The highest BCUT2D eigenvalue weighted by molar-refractivity contribution is 7.80. The van der Waals surface area contributed by atoms with Crippen LogP contribution >= 0.6 is 12.2 Å². The van der Waals surface area contributed by atoms with Crippen LogP contribution in [0.4, 0.5) is 10.1 Å². The van der Waals surface area contributed by atoms with Gasteiger partial charge in [-0.15, -0.1) is 0 Å². The predicted octanol–water partition coefficient (Wildman–Crippen LogP) is 5.46. The molecule has 7 heteroatoms. The molecule has 0 spiro atoms. The first-order valence-electron chi connectivity index (χ1n) is 10.5. The van der Waals surface area contributed by atoms with E-state index < -0.39 is 0 Å². The van der Waals surface area contributed by atoms with Gasteiger partial charge in [0.25, 0.3) is 0 Å². The van der Waals surface area contributed by atoms with Gasteiger partial charge in [0.05, 0.1) is 36.3 Å². The minimum Gasteiger partial charge on any atom is -0.467 e. The maximum absolute atomic E-state index is 14.9. The fourth-order valence-corrected chi connectivity index (χ4v) is 4.85. The van der Waals surface area contributed by atoms with E-state index in [0.29, 0.717) is 17.3 Å². The number of rotatable bonds is 5. The van der Waals surface area contributed by atoms with Crippen LogP contribution in [0, 0.1) is 19.7 Å². The van der Waals surface area contributed by atoms with Crippen molar-refractivity contribution in [1.82, 2.24) is 14.9 Å². The molecule has 1 N–H and O–H groups in total. The molecule has 1 aliphatic rings. The lowest BCUT2D eigenvalue weighted by molar-refractivity contribution is 0.488. The molecule has 0 amide bonds. The Morgan fingerprint density at radius 1 is 1.09 bits per heavy atom. The van der Waals surface area contributed by atoms with E-state index in [0.717, 1.165) is 28.4 Å². The highest BCUT2D eigenvalue weighted by Gasteiger charge is 2.43. The van der Waals surface area contributed by atoms with Crippen molar-refractivity contribution in [3.63, 3.8) is 0 Å². The summed E-state index contributed by atoms with van der Waals surface area (Å²) in [7, 11) is 0. The SMILES string of the molecule is Cc1cc(C2C(c3ccccn3)NC(=S)N2c2ccccc2F)c(C)n1Cc1ccco1. The summed E-state index contributed by atoms with van der Waals surface area (Å²) >= 11 is 5.71. The fraction of sp³-hybridized carbons (Fsp3) is 0.200. The molecule has 4 heterocycles. The zero-order valence-corrected chi connectivity index (χ0v) is 18.6. The van der Waals surface area contributed by atoms with Crippen LogP contribution in [-0.2, 0) is 6.54 Å². The molecule has 0 radical (unpaired) electrons. The minimum absolute atomic E-state index is 0.221. The number of pyridine rings is 1. The van der Waals surface area contributed by atoms with E-state index in [1.54, 1.807) is 24.6 Å². The van der Waals surface area contributed by atoms with Crippen LogP contribution in [-0.4, -0.2) is 14.7 Å². The summed E-state index contributed by atoms with van der Waals surface area (Å²) in [6, 6.07) is 18.1. The Bertz CT molecular complexity index is 1250. The Kier molecular flexibility index (Phi) is 5.27. The largest absolute Gasteiger partial charge is 0.467 e. The van der Waals surface area contributed by atoms with Gasteiger partial charge in [-0.25, -0.2) is 4.39 Å². The van der Waals surface area contributed by atoms with Crippen LogP contribution in [0.3, 0.4) is 0 Å². The molecular weight excluding hydrogens is 423 g/mol. The van der Waals surface area contributed by atoms with E-state index >= 15 is 0 Å². The lowest BCUT2D eigenvalue weighted by Crippen LogP contribution is -2.30. The third-order valence-corrected chi connectivity index (χ3v) is 6.35. The second kappa shape index (κ2) is 8.24. The lowest BCUT2D eigenvalue weighted by Gasteiger charge is -2.28. The number of halogens is 1. The summed E-state index contributed by atoms with van der Waals surface area (Å²) in [4.78, 5) is 6.45. The summed E-state index contributed by atoms with van der Waals surface area (Å²) < 4.78 is 22.7. The van der Waals surface area contributed by atoms with Gasteiger partial charge in [-0.3, -0.25) is 4.98 Å². The van der Waals surface area contributed by atoms with Gasteiger partial charge < -0.3 is 19.2 Å². The maximum atomic E-state index is 14.9. The number of anilines is 1. The van der Waals surface area contributed by atoms with Gasteiger partial charge >= 0.3 is 0 Å². The van der Waals surface area contributed by atoms with Gasteiger partial charge in [-0.1, -0.05) is 18.2 Å². The normalized spacial score (nSPS) is 18.2. The third kappa shape index (κ3) is 3.48. The minimum atomic E-state index is -0.312. The Hall–Kier alpha value is -3.45. The first-order chi connectivity index (χ1) is 15.5. The fourth-order valence-electron chi connectivity index (χ4n) is 4.51. The Morgan fingerprint density at radius 2 is 1.91 bits per heavy atom. The van der Waals surface area contributed by atoms with Crippen LogP contribution in [0.15, 0.2) is 77.5 Å². The van der Waals surface area contributed by atoms with Crippen molar-refractivity contribution < 1.29 is 8.81 Å². The van der Waals surface area contributed by atoms with E-state index in [2.05, 4.69) is 34.8 Å². The standard InChI is InChI=1S/C25H23FN4OS/c1-16-14-19(17(2)29(16)15-18-8-7-13-31-18)24-23(21-10-5-6-12-27-21)28-25(32)30(24)22-11-4-3-9-20(22)26/h3-14,23-24H,15H2,1-2H3,(H,28,32). The van der Waals surface area contributed by atoms with Gasteiger partial charge in [-0.2, -0.15) is 0 Å². The molecule has 4 aromatic rings. The number of nitrogens with one attached hydrogen (secondary N) is 1. The molecule has 0 bridgehead atoms. The first kappa shape index (κ1) is 20.5. The quantitative estimate of drug-likeness (QED) is 0.413. The highest BCUT2D eigenvalue weighted by atomic mass is 32.1. The molecular formula is C25H23FN4OS. The summed E-state index contributed by atoms with van der Waals surface area (Å²) in [6.45, 7) is 4.79. The average molecular weight is 447 g/mol. The number of hydrogen-bond acceptors (Lipinski definition) is 3. The Morgan fingerprint density at radius 3 is 2.62 bits per heavy atom. The highest BCUT2D eigenvalue weighted by Crippen LogP contribution is 2.43. The molecule has 1 aliphatic heterocycles. The summed E-state index contributed by atoms with van der Waals surface area (Å²) in [5.74, 6) is 0.568. The summed E-state index contributed by atoms with van der Waals surface area (Å²) in [6.07, 6.45) is 3.45. The molecule has 1 aromatic carbocycles. The third-order valence-electron chi connectivity index (χ3n) is 6.04. The molecule has 2 unspecified atom stereocenters. The van der Waals surface area contributed by atoms with Gasteiger partial charge in [0, 0.05) is 17.6 Å². The number of aromatic nitrogens is 2. The van der Waals surface area contributed by atoms with E-state index in [4.69, 9.17) is 16.6 Å². The van der Waals surface area contributed by atoms with Crippen LogP contribution in [0.2, 0.25) is 0 Å². The lowest BCUT2D eigenvalue weighted by atomic mass is 9.96. The number of furan rings is 1. The first-order valence-corrected chi connectivity index (χ1v) is 10.9. The molecule has 162 valence electrons. The van der Waals surface area contributed by atoms with Crippen LogP contribution in [0.1, 0.15) is 40.5 Å². The molecule has 1 fully saturated rings. The molecule has 32 heavy (non-hydrogen) atoms. The van der Waals surface area contributed by atoms with Gasteiger partial charge in [0.1, 0.15) is 11.6 Å². The summed E-state index contributed by atoms with van der Waals surface area (Å²) in [5, 5.41) is 3.87. The maximum Gasteiger partial charge on any atom is 0.174 e. The molecule has 0 saturated carbocycles. The number of hydrogen-bond donors (Lipinski definition) is 1. The number of benzene rings is 1. The smallest absolute Gasteiger partial charge is 0.174 e.